The molecular weight excluding hydrogens is 255 g/mol. The number of carboxylic acids is 1. The first-order valence-corrected chi connectivity index (χ1v) is 5.58. The number of carbonyl (C=O) groups is 1. The minimum absolute atomic E-state index is 0.0518. The third kappa shape index (κ3) is 3.62. The number of aromatic carboxylic acids is 1. The molecule has 1 rings (SSSR count). The van der Waals surface area contributed by atoms with Crippen LogP contribution in [0.15, 0.2) is 17.2 Å². The number of halogens is 3. The lowest BCUT2D eigenvalue weighted by Crippen LogP contribution is -2.11. The monoisotopic (exact) mass is 265 g/mol. The summed E-state index contributed by atoms with van der Waals surface area (Å²) in [6, 6.07) is 1.61. The van der Waals surface area contributed by atoms with Crippen LogP contribution < -0.4 is 0 Å². The molecule has 0 aromatic carbocycles. The van der Waals surface area contributed by atoms with E-state index >= 15 is 0 Å². The van der Waals surface area contributed by atoms with E-state index in [0.29, 0.717) is 6.07 Å². The third-order valence-corrected chi connectivity index (χ3v) is 2.73. The van der Waals surface area contributed by atoms with Crippen LogP contribution in [0.4, 0.5) is 13.2 Å². The number of rotatable bonds is 3. The highest BCUT2D eigenvalue weighted by molar-refractivity contribution is 7.99. The lowest BCUT2D eigenvalue weighted by atomic mass is 10.2. The summed E-state index contributed by atoms with van der Waals surface area (Å²) in [5, 5.41) is 8.68. The predicted molar refractivity (Wildman–Crippen MR) is 57.2 cm³/mol. The summed E-state index contributed by atoms with van der Waals surface area (Å²) in [6.07, 6.45) is -4.57. The Balaban J connectivity index is 3.24. The standard InChI is InChI=1S/C10H10F3NO2S/c1-5(2)17-8-6(9(15)16)3-4-7(14-8)10(11,12)13/h3-5H,1-2H3,(H,15,16). The van der Waals surface area contributed by atoms with Crippen molar-refractivity contribution >= 4 is 17.7 Å². The normalized spacial score (nSPS) is 11.9. The minimum atomic E-state index is -4.57. The highest BCUT2D eigenvalue weighted by Crippen LogP contribution is 2.32. The number of pyridine rings is 1. The molecule has 0 radical (unpaired) electrons. The fourth-order valence-corrected chi connectivity index (χ4v) is 1.95. The van der Waals surface area contributed by atoms with Crippen molar-refractivity contribution in [3.05, 3.63) is 23.4 Å². The van der Waals surface area contributed by atoms with E-state index in [1.54, 1.807) is 13.8 Å². The molecule has 0 saturated heterocycles. The Morgan fingerprint density at radius 3 is 2.41 bits per heavy atom. The topological polar surface area (TPSA) is 50.2 Å². The molecule has 1 heterocycles. The minimum Gasteiger partial charge on any atom is -0.478 e. The Labute approximate surface area is 100 Å². The van der Waals surface area contributed by atoms with Crippen molar-refractivity contribution in [3.63, 3.8) is 0 Å². The van der Waals surface area contributed by atoms with Crippen LogP contribution in [0.2, 0.25) is 0 Å². The summed E-state index contributed by atoms with van der Waals surface area (Å²) in [5.41, 5.74) is -1.29. The second-order valence-corrected chi connectivity index (χ2v) is 5.08. The van der Waals surface area contributed by atoms with Crippen molar-refractivity contribution < 1.29 is 23.1 Å². The van der Waals surface area contributed by atoms with Crippen LogP contribution in [-0.2, 0) is 6.18 Å². The van der Waals surface area contributed by atoms with Gasteiger partial charge in [0.15, 0.2) is 0 Å². The third-order valence-electron chi connectivity index (χ3n) is 1.73. The van der Waals surface area contributed by atoms with Crippen molar-refractivity contribution in [1.29, 1.82) is 0 Å². The van der Waals surface area contributed by atoms with Crippen molar-refractivity contribution in [2.45, 2.75) is 30.3 Å². The van der Waals surface area contributed by atoms with Gasteiger partial charge in [-0.1, -0.05) is 13.8 Å². The zero-order valence-electron chi connectivity index (χ0n) is 9.08. The van der Waals surface area contributed by atoms with Crippen molar-refractivity contribution in [1.82, 2.24) is 4.98 Å². The van der Waals surface area contributed by atoms with Gasteiger partial charge in [-0.15, -0.1) is 11.8 Å². The van der Waals surface area contributed by atoms with Crippen LogP contribution in [0.1, 0.15) is 29.9 Å². The molecule has 0 spiro atoms. The first kappa shape index (κ1) is 13.8. The number of nitrogens with zero attached hydrogens (tertiary/aromatic N) is 1. The van der Waals surface area contributed by atoms with E-state index in [1.165, 1.54) is 0 Å². The number of hydrogen-bond acceptors (Lipinski definition) is 3. The van der Waals surface area contributed by atoms with Crippen LogP contribution >= 0.6 is 11.8 Å². The van der Waals surface area contributed by atoms with Crippen LogP contribution in [0.5, 0.6) is 0 Å². The van der Waals surface area contributed by atoms with Gasteiger partial charge in [-0.3, -0.25) is 0 Å². The van der Waals surface area contributed by atoms with Crippen molar-refractivity contribution in [2.75, 3.05) is 0 Å². The highest BCUT2D eigenvalue weighted by Gasteiger charge is 2.33. The van der Waals surface area contributed by atoms with Gasteiger partial charge >= 0.3 is 12.1 Å². The maximum Gasteiger partial charge on any atom is 0.433 e. The van der Waals surface area contributed by atoms with Crippen molar-refractivity contribution in [2.24, 2.45) is 0 Å². The Hall–Kier alpha value is -1.24. The van der Waals surface area contributed by atoms with Crippen molar-refractivity contribution in [3.8, 4) is 0 Å². The molecule has 1 aromatic heterocycles. The van der Waals surface area contributed by atoms with Gasteiger partial charge in [0.2, 0.25) is 0 Å². The summed E-state index contributed by atoms with van der Waals surface area (Å²) in [5.74, 6) is -1.28. The predicted octanol–water partition coefficient (Wildman–Crippen LogP) is 3.30. The average Bonchev–Trinajstić information content (AvgIpc) is 2.14. The van der Waals surface area contributed by atoms with Gasteiger partial charge in [-0.25, -0.2) is 9.78 Å². The number of carboxylic acid groups (broad SMARTS) is 1. The van der Waals surface area contributed by atoms with Gasteiger partial charge < -0.3 is 5.11 Å². The molecule has 0 aliphatic rings. The Morgan fingerprint density at radius 1 is 1.41 bits per heavy atom. The molecule has 1 N–H and O–H groups in total. The molecule has 17 heavy (non-hydrogen) atoms. The molecule has 0 fully saturated rings. The summed E-state index contributed by atoms with van der Waals surface area (Å²) < 4.78 is 37.3. The molecule has 0 unspecified atom stereocenters. The smallest absolute Gasteiger partial charge is 0.433 e. The second-order valence-electron chi connectivity index (χ2n) is 3.52. The summed E-state index contributed by atoms with van der Waals surface area (Å²) in [4.78, 5) is 14.2. The molecule has 94 valence electrons. The number of aromatic nitrogens is 1. The van der Waals surface area contributed by atoms with E-state index in [-0.39, 0.29) is 15.8 Å². The van der Waals surface area contributed by atoms with Gasteiger partial charge in [0.25, 0.3) is 0 Å². The first-order chi connectivity index (χ1) is 7.71. The van der Waals surface area contributed by atoms with E-state index in [1.807, 2.05) is 0 Å². The first-order valence-electron chi connectivity index (χ1n) is 4.70. The van der Waals surface area contributed by atoms with Gasteiger partial charge in [0.1, 0.15) is 10.7 Å². The highest BCUT2D eigenvalue weighted by atomic mass is 32.2. The lowest BCUT2D eigenvalue weighted by molar-refractivity contribution is -0.141. The molecule has 1 aromatic rings. The average molecular weight is 265 g/mol. The van der Waals surface area contributed by atoms with E-state index in [4.69, 9.17) is 5.11 Å². The Kier molecular flexibility index (Phi) is 4.03. The van der Waals surface area contributed by atoms with E-state index in [2.05, 4.69) is 4.98 Å². The maximum absolute atomic E-state index is 12.4. The lowest BCUT2D eigenvalue weighted by Gasteiger charge is -2.11. The molecule has 3 nitrogen and oxygen atoms in total. The quantitative estimate of drug-likeness (QED) is 0.852. The van der Waals surface area contributed by atoms with Gasteiger partial charge in [0.05, 0.1) is 5.56 Å². The van der Waals surface area contributed by atoms with E-state index < -0.39 is 17.8 Å². The van der Waals surface area contributed by atoms with Gasteiger partial charge in [0, 0.05) is 5.25 Å². The summed E-state index contributed by atoms with van der Waals surface area (Å²) >= 11 is 0.992. The number of thioether (sulfide) groups is 1. The molecule has 0 saturated carbocycles. The fourth-order valence-electron chi connectivity index (χ4n) is 1.07. The van der Waals surface area contributed by atoms with Crippen LogP contribution in [0.25, 0.3) is 0 Å². The Morgan fingerprint density at radius 2 is 2.00 bits per heavy atom. The van der Waals surface area contributed by atoms with Crippen LogP contribution in [0, 0.1) is 0 Å². The number of alkyl halides is 3. The Bertz CT molecular complexity index is 432. The zero-order chi connectivity index (χ0) is 13.2. The molecule has 0 atom stereocenters. The molecule has 0 amide bonds. The summed E-state index contributed by atoms with van der Waals surface area (Å²) in [7, 11) is 0. The largest absolute Gasteiger partial charge is 0.478 e. The molecule has 0 bridgehead atoms. The maximum atomic E-state index is 12.4. The summed E-state index contributed by atoms with van der Waals surface area (Å²) in [6.45, 7) is 3.50. The van der Waals surface area contributed by atoms with Crippen LogP contribution in [-0.4, -0.2) is 21.3 Å². The fraction of sp³-hybridized carbons (Fsp3) is 0.400. The molecular formula is C10H10F3NO2S. The van der Waals surface area contributed by atoms with E-state index in [0.717, 1.165) is 17.8 Å². The zero-order valence-corrected chi connectivity index (χ0v) is 9.89. The molecule has 0 aliphatic heterocycles. The second kappa shape index (κ2) is 4.95. The number of hydrogen-bond donors (Lipinski definition) is 1. The SMILES string of the molecule is CC(C)Sc1nc(C(F)(F)F)ccc1C(=O)O. The van der Waals surface area contributed by atoms with Gasteiger partial charge in [-0.2, -0.15) is 13.2 Å². The van der Waals surface area contributed by atoms with Crippen LogP contribution in [0.3, 0.4) is 0 Å². The molecule has 0 aliphatic carbocycles. The van der Waals surface area contributed by atoms with E-state index in [9.17, 15) is 18.0 Å². The van der Waals surface area contributed by atoms with Gasteiger partial charge in [-0.05, 0) is 12.1 Å². The molecule has 7 heteroatoms.